The second-order valence-electron chi connectivity index (χ2n) is 6.09. The number of carbonyl (C=O) groups excluding carboxylic acids is 1. The van der Waals surface area contributed by atoms with Gasteiger partial charge in [0, 0.05) is 11.8 Å². The number of hydrogen-bond acceptors (Lipinski definition) is 4. The fourth-order valence-corrected chi connectivity index (χ4v) is 2.91. The molecule has 6 nitrogen and oxygen atoms in total. The fourth-order valence-electron chi connectivity index (χ4n) is 2.91. The molecule has 0 fully saturated rings. The van der Waals surface area contributed by atoms with Crippen molar-refractivity contribution in [2.75, 3.05) is 19.5 Å². The highest BCUT2D eigenvalue weighted by molar-refractivity contribution is 6.35. The molecule has 1 aliphatic heterocycles. The zero-order valence-electron chi connectivity index (χ0n) is 15.6. The lowest BCUT2D eigenvalue weighted by Gasteiger charge is -2.12. The van der Waals surface area contributed by atoms with Crippen molar-refractivity contribution in [2.24, 2.45) is 0 Å². The van der Waals surface area contributed by atoms with Gasteiger partial charge in [-0.05, 0) is 38.2 Å². The molecule has 4 N–H and O–H groups in total. The summed E-state index contributed by atoms with van der Waals surface area (Å²) in [6.45, 7) is 1.59. The quantitative estimate of drug-likeness (QED) is 0.465. The summed E-state index contributed by atoms with van der Waals surface area (Å²) < 4.78 is 19.8. The molecule has 0 saturated carbocycles. The van der Waals surface area contributed by atoms with Crippen molar-refractivity contribution in [1.82, 2.24) is 10.3 Å². The van der Waals surface area contributed by atoms with Gasteiger partial charge in [-0.25, -0.2) is 4.39 Å². The van der Waals surface area contributed by atoms with Crippen molar-refractivity contribution in [3.05, 3.63) is 47.0 Å². The Morgan fingerprint density at radius 3 is 2.75 bits per heavy atom. The number of carbonyl (C=O) groups is 1. The Kier molecular flexibility index (Phi) is 6.86. The molecule has 2 atom stereocenters. The molecule has 0 radical (unpaired) electrons. The molecule has 0 bridgehead atoms. The summed E-state index contributed by atoms with van der Waals surface area (Å²) in [5, 5.41) is 15.3. The van der Waals surface area contributed by atoms with E-state index in [9.17, 15) is 14.3 Å². The summed E-state index contributed by atoms with van der Waals surface area (Å²) in [5.41, 5.74) is 1.86. The first kappa shape index (κ1) is 21.5. The van der Waals surface area contributed by atoms with Gasteiger partial charge in [-0.15, -0.1) is 12.4 Å². The van der Waals surface area contributed by atoms with E-state index in [0.717, 1.165) is 0 Å². The maximum absolute atomic E-state index is 14.5. The molecule has 3 rings (SSSR count). The number of ether oxygens (including phenoxy) is 1. The lowest BCUT2D eigenvalue weighted by Crippen LogP contribution is -2.34. The standard InChI is InChI=1S/C20H20FN3O3.ClH/c1-11(25)15(22-2)6-4-12-14(21)5-7-16-19(12)13(20(26)24-16)10-17-18(27-3)8-9-23-17;/h5,7-11,15,22-23,25H,1-3H3,(H,24,26);1H/b13-10-;/t11-,15-;/m1./s1. The number of hydrogen-bond donors (Lipinski definition) is 4. The van der Waals surface area contributed by atoms with E-state index in [0.29, 0.717) is 22.7 Å². The third-order valence-electron chi connectivity index (χ3n) is 4.31. The zero-order valence-corrected chi connectivity index (χ0v) is 16.4. The number of nitrogens with one attached hydrogen (secondary N) is 3. The number of fused-ring (bicyclic) bond motifs is 1. The number of aliphatic hydroxyl groups excluding tert-OH is 1. The molecular formula is C20H21ClFN3O3. The van der Waals surface area contributed by atoms with Crippen LogP contribution in [0.15, 0.2) is 24.4 Å². The smallest absolute Gasteiger partial charge is 0.256 e. The van der Waals surface area contributed by atoms with E-state index in [4.69, 9.17) is 4.74 Å². The van der Waals surface area contributed by atoms with E-state index in [1.165, 1.54) is 19.2 Å². The summed E-state index contributed by atoms with van der Waals surface area (Å²) in [4.78, 5) is 15.5. The number of methoxy groups -OCH3 is 1. The van der Waals surface area contributed by atoms with Crippen LogP contribution in [0.3, 0.4) is 0 Å². The Balaban J connectivity index is 0.00000280. The van der Waals surface area contributed by atoms with Gasteiger partial charge < -0.3 is 25.5 Å². The number of aromatic nitrogens is 1. The van der Waals surface area contributed by atoms with Crippen LogP contribution in [0.2, 0.25) is 0 Å². The molecule has 8 heteroatoms. The van der Waals surface area contributed by atoms with Crippen molar-refractivity contribution < 1.29 is 19.0 Å². The summed E-state index contributed by atoms with van der Waals surface area (Å²) in [6, 6.07) is 3.97. The van der Waals surface area contributed by atoms with E-state index < -0.39 is 18.0 Å². The molecule has 0 saturated heterocycles. The van der Waals surface area contributed by atoms with Crippen molar-refractivity contribution in [1.29, 1.82) is 0 Å². The van der Waals surface area contributed by atoms with Crippen molar-refractivity contribution >= 4 is 35.7 Å². The Bertz CT molecular complexity index is 973. The number of anilines is 1. The molecule has 1 aromatic carbocycles. The van der Waals surface area contributed by atoms with Gasteiger partial charge in [0.05, 0.1) is 41.8 Å². The maximum Gasteiger partial charge on any atom is 0.256 e. The molecule has 1 aliphatic rings. The van der Waals surface area contributed by atoms with Crippen molar-refractivity contribution in [2.45, 2.75) is 19.1 Å². The lowest BCUT2D eigenvalue weighted by molar-refractivity contribution is -0.110. The van der Waals surface area contributed by atoms with Crippen molar-refractivity contribution in [3.8, 4) is 17.6 Å². The molecular weight excluding hydrogens is 385 g/mol. The minimum Gasteiger partial charge on any atom is -0.495 e. The molecule has 0 spiro atoms. The molecule has 1 amide bonds. The number of benzene rings is 1. The van der Waals surface area contributed by atoms with Crippen LogP contribution in [-0.2, 0) is 4.79 Å². The highest BCUT2D eigenvalue weighted by atomic mass is 35.5. The van der Waals surface area contributed by atoms with Gasteiger partial charge in [-0.2, -0.15) is 0 Å². The first-order valence-electron chi connectivity index (χ1n) is 8.40. The molecule has 0 aliphatic carbocycles. The molecule has 2 heterocycles. The number of rotatable bonds is 4. The van der Waals surface area contributed by atoms with E-state index in [1.54, 1.807) is 32.3 Å². The Hall–Kier alpha value is -2.79. The van der Waals surface area contributed by atoms with E-state index >= 15 is 0 Å². The third kappa shape index (κ3) is 4.04. The van der Waals surface area contributed by atoms with Gasteiger partial charge in [0.25, 0.3) is 5.91 Å². The first-order valence-corrected chi connectivity index (χ1v) is 8.40. The number of likely N-dealkylation sites (N-methyl/N-ethyl adjacent to an activating group) is 1. The van der Waals surface area contributed by atoms with Crippen LogP contribution in [0.1, 0.15) is 23.7 Å². The van der Waals surface area contributed by atoms with E-state index in [2.05, 4.69) is 27.5 Å². The van der Waals surface area contributed by atoms with Crippen LogP contribution < -0.4 is 15.4 Å². The maximum atomic E-state index is 14.5. The monoisotopic (exact) mass is 405 g/mol. The highest BCUT2D eigenvalue weighted by Gasteiger charge is 2.29. The van der Waals surface area contributed by atoms with Gasteiger partial charge in [0.15, 0.2) is 0 Å². The van der Waals surface area contributed by atoms with Gasteiger partial charge in [0.1, 0.15) is 11.6 Å². The van der Waals surface area contributed by atoms with Crippen LogP contribution in [0, 0.1) is 17.7 Å². The highest BCUT2D eigenvalue weighted by Crippen LogP contribution is 2.37. The fraction of sp³-hybridized carbons (Fsp3) is 0.250. The lowest BCUT2D eigenvalue weighted by atomic mass is 9.98. The second-order valence-corrected chi connectivity index (χ2v) is 6.09. The van der Waals surface area contributed by atoms with Crippen LogP contribution in [0.5, 0.6) is 5.75 Å². The predicted octanol–water partition coefficient (Wildman–Crippen LogP) is 2.40. The largest absolute Gasteiger partial charge is 0.495 e. The summed E-state index contributed by atoms with van der Waals surface area (Å²) in [5.74, 6) is 5.28. The minimum absolute atomic E-state index is 0. The van der Waals surface area contributed by atoms with Crippen LogP contribution in [-0.4, -0.2) is 42.3 Å². The summed E-state index contributed by atoms with van der Waals surface area (Å²) in [6.07, 6.45) is 2.56. The summed E-state index contributed by atoms with van der Waals surface area (Å²) in [7, 11) is 3.18. The third-order valence-corrected chi connectivity index (χ3v) is 4.31. The number of amides is 1. The molecule has 148 valence electrons. The molecule has 0 unspecified atom stereocenters. The van der Waals surface area contributed by atoms with E-state index in [1.807, 2.05) is 0 Å². The predicted molar refractivity (Wildman–Crippen MR) is 109 cm³/mol. The van der Waals surface area contributed by atoms with Gasteiger partial charge in [-0.3, -0.25) is 4.79 Å². The Labute approximate surface area is 168 Å². The van der Waals surface area contributed by atoms with Crippen LogP contribution >= 0.6 is 12.4 Å². The van der Waals surface area contributed by atoms with Gasteiger partial charge >= 0.3 is 0 Å². The molecule has 1 aromatic heterocycles. The SMILES string of the molecule is CN[C@H](C#Cc1c(F)ccc2c1/C(=C/c1[nH]ccc1OC)C(=O)N2)[C@@H](C)O.Cl. The van der Waals surface area contributed by atoms with E-state index in [-0.39, 0.29) is 29.5 Å². The van der Waals surface area contributed by atoms with Gasteiger partial charge in [0.2, 0.25) is 0 Å². The minimum atomic E-state index is -0.736. The van der Waals surface area contributed by atoms with Gasteiger partial charge in [-0.1, -0.05) is 11.8 Å². The average molecular weight is 406 g/mol. The second kappa shape index (κ2) is 8.93. The Morgan fingerprint density at radius 1 is 1.36 bits per heavy atom. The number of H-pyrrole nitrogens is 1. The molecule has 28 heavy (non-hydrogen) atoms. The van der Waals surface area contributed by atoms with Crippen LogP contribution in [0.4, 0.5) is 10.1 Å². The zero-order chi connectivity index (χ0) is 19.6. The number of halogens is 2. The normalized spacial score (nSPS) is 15.8. The molecule has 2 aromatic rings. The number of aliphatic hydroxyl groups is 1. The number of aromatic amines is 1. The summed E-state index contributed by atoms with van der Waals surface area (Å²) >= 11 is 0. The topological polar surface area (TPSA) is 86.4 Å². The average Bonchev–Trinajstić information content (AvgIpc) is 3.21. The Morgan fingerprint density at radius 2 is 2.11 bits per heavy atom. The van der Waals surface area contributed by atoms with Crippen molar-refractivity contribution in [3.63, 3.8) is 0 Å². The first-order chi connectivity index (χ1) is 13.0. The van der Waals surface area contributed by atoms with Crippen LogP contribution in [0.25, 0.3) is 11.6 Å².